The van der Waals surface area contributed by atoms with E-state index in [1.54, 1.807) is 19.0 Å². The molecule has 0 aromatic heterocycles. The number of piperazine rings is 1. The molecule has 176 valence electrons. The van der Waals surface area contributed by atoms with E-state index in [0.717, 1.165) is 70.2 Å². The topological polar surface area (TPSA) is 80.3 Å². The fourth-order valence-electron chi connectivity index (χ4n) is 3.96. The van der Waals surface area contributed by atoms with Gasteiger partial charge in [-0.3, -0.25) is 14.5 Å². The quantitative estimate of drug-likeness (QED) is 0.470. The van der Waals surface area contributed by atoms with Crippen LogP contribution in [-0.4, -0.2) is 92.4 Å². The Bertz CT molecular complexity index is 780. The standard InChI is InChI=1S/C24H38N6O2/c1-4-25-24(27-18-19-8-10-21(11-9-19)22(31)28(2)3)26-12-13-29-14-16-30(17-15-29)23(32)20-6-5-7-20/h8-11,20H,4-7,12-18H2,1-3H3,(H2,25,26,27). The van der Waals surface area contributed by atoms with Gasteiger partial charge >= 0.3 is 0 Å². The van der Waals surface area contributed by atoms with Crippen molar-refractivity contribution in [3.05, 3.63) is 35.4 Å². The van der Waals surface area contributed by atoms with Crippen LogP contribution >= 0.6 is 0 Å². The maximum atomic E-state index is 12.4. The van der Waals surface area contributed by atoms with Crippen LogP contribution in [0.3, 0.4) is 0 Å². The van der Waals surface area contributed by atoms with Crippen LogP contribution in [0.25, 0.3) is 0 Å². The summed E-state index contributed by atoms with van der Waals surface area (Å²) in [5.41, 5.74) is 1.74. The Morgan fingerprint density at radius 1 is 1.06 bits per heavy atom. The molecule has 0 atom stereocenters. The van der Waals surface area contributed by atoms with Gasteiger partial charge in [-0.05, 0) is 37.5 Å². The molecule has 1 aliphatic carbocycles. The minimum Gasteiger partial charge on any atom is -0.357 e. The normalized spacial score (nSPS) is 17.6. The fraction of sp³-hybridized carbons (Fsp3) is 0.625. The second-order valence-corrected chi connectivity index (χ2v) is 8.81. The van der Waals surface area contributed by atoms with Gasteiger partial charge in [0.2, 0.25) is 5.91 Å². The molecular weight excluding hydrogens is 404 g/mol. The summed E-state index contributed by atoms with van der Waals surface area (Å²) in [6.07, 6.45) is 3.36. The van der Waals surface area contributed by atoms with Crippen molar-refractivity contribution in [2.45, 2.75) is 32.7 Å². The summed E-state index contributed by atoms with van der Waals surface area (Å²) in [5, 5.41) is 6.70. The first-order valence-corrected chi connectivity index (χ1v) is 11.8. The predicted octanol–water partition coefficient (Wildman–Crippen LogP) is 1.39. The van der Waals surface area contributed by atoms with E-state index in [2.05, 4.69) is 32.3 Å². The van der Waals surface area contributed by atoms with Crippen LogP contribution in [0.2, 0.25) is 0 Å². The highest BCUT2D eigenvalue weighted by Gasteiger charge is 2.30. The molecule has 1 aromatic rings. The van der Waals surface area contributed by atoms with E-state index < -0.39 is 0 Å². The third-order valence-electron chi connectivity index (χ3n) is 6.23. The Labute approximate surface area is 192 Å². The molecular formula is C24H38N6O2. The monoisotopic (exact) mass is 442 g/mol. The van der Waals surface area contributed by atoms with E-state index in [1.807, 2.05) is 24.3 Å². The summed E-state index contributed by atoms with van der Waals surface area (Å²) >= 11 is 0. The number of guanidine groups is 1. The molecule has 0 unspecified atom stereocenters. The molecule has 0 bridgehead atoms. The number of nitrogens with zero attached hydrogens (tertiary/aromatic N) is 4. The largest absolute Gasteiger partial charge is 0.357 e. The van der Waals surface area contributed by atoms with Crippen LogP contribution in [0.4, 0.5) is 0 Å². The molecule has 3 rings (SSSR count). The average molecular weight is 443 g/mol. The van der Waals surface area contributed by atoms with Gasteiger partial charge in [0.05, 0.1) is 6.54 Å². The van der Waals surface area contributed by atoms with E-state index >= 15 is 0 Å². The van der Waals surface area contributed by atoms with Gasteiger partial charge in [0.25, 0.3) is 5.91 Å². The first-order chi connectivity index (χ1) is 15.5. The average Bonchev–Trinajstić information content (AvgIpc) is 2.76. The Morgan fingerprint density at radius 2 is 1.75 bits per heavy atom. The number of amides is 2. The number of carbonyl (C=O) groups excluding carboxylic acids is 2. The van der Waals surface area contributed by atoms with Crippen molar-refractivity contribution in [2.24, 2.45) is 10.9 Å². The summed E-state index contributed by atoms with van der Waals surface area (Å²) in [5.74, 6) is 1.46. The zero-order chi connectivity index (χ0) is 22.9. The second kappa shape index (κ2) is 11.9. The van der Waals surface area contributed by atoms with E-state index in [4.69, 9.17) is 0 Å². The van der Waals surface area contributed by atoms with Gasteiger partial charge in [-0.25, -0.2) is 4.99 Å². The van der Waals surface area contributed by atoms with E-state index in [-0.39, 0.29) is 5.91 Å². The Hall–Kier alpha value is -2.61. The molecule has 1 heterocycles. The van der Waals surface area contributed by atoms with Gasteiger partial charge in [0, 0.05) is 71.4 Å². The second-order valence-electron chi connectivity index (χ2n) is 8.81. The van der Waals surface area contributed by atoms with Crippen LogP contribution in [0.15, 0.2) is 29.3 Å². The number of hydrogen-bond acceptors (Lipinski definition) is 4. The lowest BCUT2D eigenvalue weighted by Crippen LogP contribution is -2.52. The number of benzene rings is 1. The molecule has 2 N–H and O–H groups in total. The van der Waals surface area contributed by atoms with Crippen molar-refractivity contribution in [2.75, 3.05) is 59.9 Å². The SMILES string of the molecule is CCNC(=NCc1ccc(C(=O)N(C)C)cc1)NCCN1CCN(C(=O)C2CCC2)CC1. The summed E-state index contributed by atoms with van der Waals surface area (Å²) in [6.45, 7) is 8.69. The van der Waals surface area contributed by atoms with E-state index in [0.29, 0.717) is 23.9 Å². The van der Waals surface area contributed by atoms with Crippen molar-refractivity contribution in [1.29, 1.82) is 0 Å². The number of carbonyl (C=O) groups is 2. The number of nitrogens with one attached hydrogen (secondary N) is 2. The van der Waals surface area contributed by atoms with Crippen LogP contribution in [0, 0.1) is 5.92 Å². The fourth-order valence-corrected chi connectivity index (χ4v) is 3.96. The van der Waals surface area contributed by atoms with Gasteiger partial charge < -0.3 is 20.4 Å². The zero-order valence-corrected chi connectivity index (χ0v) is 19.8. The molecule has 8 heteroatoms. The van der Waals surface area contributed by atoms with Crippen molar-refractivity contribution in [1.82, 2.24) is 25.3 Å². The van der Waals surface area contributed by atoms with Gasteiger partial charge in [0.1, 0.15) is 0 Å². The molecule has 1 aliphatic heterocycles. The third-order valence-corrected chi connectivity index (χ3v) is 6.23. The molecule has 1 saturated carbocycles. The summed E-state index contributed by atoms with van der Waals surface area (Å²) in [7, 11) is 3.51. The van der Waals surface area contributed by atoms with Crippen molar-refractivity contribution in [3.8, 4) is 0 Å². The molecule has 2 fully saturated rings. The maximum Gasteiger partial charge on any atom is 0.253 e. The summed E-state index contributed by atoms with van der Waals surface area (Å²) in [4.78, 5) is 35.1. The van der Waals surface area contributed by atoms with Gasteiger partial charge in [-0.2, -0.15) is 0 Å². The minimum atomic E-state index is 0.00305. The Kier molecular flexibility index (Phi) is 8.90. The van der Waals surface area contributed by atoms with Crippen molar-refractivity contribution < 1.29 is 9.59 Å². The molecule has 0 radical (unpaired) electrons. The predicted molar refractivity (Wildman–Crippen MR) is 128 cm³/mol. The number of rotatable bonds is 8. The highest BCUT2D eigenvalue weighted by atomic mass is 16.2. The minimum absolute atomic E-state index is 0.00305. The van der Waals surface area contributed by atoms with Crippen LogP contribution in [0.5, 0.6) is 0 Å². The highest BCUT2D eigenvalue weighted by Crippen LogP contribution is 2.28. The van der Waals surface area contributed by atoms with E-state index in [1.165, 1.54) is 6.42 Å². The zero-order valence-electron chi connectivity index (χ0n) is 19.8. The van der Waals surface area contributed by atoms with Gasteiger partial charge in [0.15, 0.2) is 5.96 Å². The van der Waals surface area contributed by atoms with Crippen LogP contribution < -0.4 is 10.6 Å². The molecule has 2 aliphatic rings. The van der Waals surface area contributed by atoms with Crippen molar-refractivity contribution in [3.63, 3.8) is 0 Å². The molecule has 32 heavy (non-hydrogen) atoms. The Balaban J connectivity index is 1.41. The van der Waals surface area contributed by atoms with Crippen LogP contribution in [-0.2, 0) is 11.3 Å². The lowest BCUT2D eigenvalue weighted by Gasteiger charge is -2.38. The molecule has 8 nitrogen and oxygen atoms in total. The van der Waals surface area contributed by atoms with Gasteiger partial charge in [-0.15, -0.1) is 0 Å². The number of aliphatic imine (C=N–C) groups is 1. The maximum absolute atomic E-state index is 12.4. The lowest BCUT2D eigenvalue weighted by atomic mass is 9.84. The molecule has 1 saturated heterocycles. The Morgan fingerprint density at radius 3 is 2.31 bits per heavy atom. The molecule has 0 spiro atoms. The molecule has 2 amide bonds. The van der Waals surface area contributed by atoms with Crippen LogP contribution in [0.1, 0.15) is 42.1 Å². The third kappa shape index (κ3) is 6.69. The van der Waals surface area contributed by atoms with Crippen molar-refractivity contribution >= 4 is 17.8 Å². The number of hydrogen-bond donors (Lipinski definition) is 2. The van der Waals surface area contributed by atoms with E-state index in [9.17, 15) is 9.59 Å². The van der Waals surface area contributed by atoms with Gasteiger partial charge in [-0.1, -0.05) is 18.6 Å². The highest BCUT2D eigenvalue weighted by molar-refractivity contribution is 5.93. The summed E-state index contributed by atoms with van der Waals surface area (Å²) < 4.78 is 0. The first-order valence-electron chi connectivity index (χ1n) is 11.8. The summed E-state index contributed by atoms with van der Waals surface area (Å²) in [6, 6.07) is 7.61. The smallest absolute Gasteiger partial charge is 0.253 e. The first kappa shape index (κ1) is 24.0. The molecule has 1 aromatic carbocycles. The lowest BCUT2D eigenvalue weighted by molar-refractivity contribution is -0.139.